The third-order valence-electron chi connectivity index (χ3n) is 3.84. The van der Waals surface area contributed by atoms with Gasteiger partial charge >= 0.3 is 0 Å². The normalized spacial score (nSPS) is 17.1. The first-order chi connectivity index (χ1) is 10.1. The molecule has 2 aromatic rings. The lowest BCUT2D eigenvalue weighted by Gasteiger charge is -2.25. The first-order valence-corrected chi connectivity index (χ1v) is 7.80. The molecule has 3 nitrogen and oxygen atoms in total. The van der Waals surface area contributed by atoms with Gasteiger partial charge in [-0.05, 0) is 42.2 Å². The minimum atomic E-state index is -0.181. The topological polar surface area (TPSA) is 41.1 Å². The molecular formula is C17H17BrN2O. The third-order valence-corrected chi connectivity index (χ3v) is 4.69. The van der Waals surface area contributed by atoms with Gasteiger partial charge in [-0.2, -0.15) is 0 Å². The molecule has 0 spiro atoms. The van der Waals surface area contributed by atoms with Gasteiger partial charge in [0.15, 0.2) is 0 Å². The number of carbonyl (C=O) groups excluding carboxylic acids is 1. The van der Waals surface area contributed by atoms with Crippen LogP contribution in [-0.4, -0.2) is 11.9 Å². The Morgan fingerprint density at radius 3 is 2.76 bits per heavy atom. The molecule has 0 saturated carbocycles. The highest BCUT2D eigenvalue weighted by atomic mass is 79.9. The zero-order valence-electron chi connectivity index (χ0n) is 11.8. The molecule has 4 heteroatoms. The van der Waals surface area contributed by atoms with Crippen molar-refractivity contribution < 1.29 is 4.79 Å². The lowest BCUT2D eigenvalue weighted by atomic mass is 9.95. The number of rotatable bonds is 2. The molecule has 0 aromatic heterocycles. The molecule has 1 aliphatic rings. The Kier molecular flexibility index (Phi) is 4.08. The van der Waals surface area contributed by atoms with Crippen molar-refractivity contribution in [2.75, 3.05) is 5.32 Å². The molecule has 1 amide bonds. The van der Waals surface area contributed by atoms with Crippen LogP contribution in [0.4, 0.5) is 5.69 Å². The van der Waals surface area contributed by atoms with Crippen LogP contribution < -0.4 is 10.6 Å². The van der Waals surface area contributed by atoms with Crippen LogP contribution in [0.3, 0.4) is 0 Å². The second kappa shape index (κ2) is 6.00. The number of anilines is 1. The Morgan fingerprint density at radius 1 is 1.24 bits per heavy atom. The number of amides is 1. The lowest BCUT2D eigenvalue weighted by molar-refractivity contribution is -0.118. The molecule has 2 N–H and O–H groups in total. The fourth-order valence-electron chi connectivity index (χ4n) is 2.54. The molecule has 21 heavy (non-hydrogen) atoms. The van der Waals surface area contributed by atoms with Gasteiger partial charge in [0.25, 0.3) is 0 Å². The molecule has 0 bridgehead atoms. The first kappa shape index (κ1) is 14.3. The second-order valence-electron chi connectivity index (χ2n) is 5.36. The van der Waals surface area contributed by atoms with Crippen molar-refractivity contribution in [1.82, 2.24) is 5.32 Å². The quantitative estimate of drug-likeness (QED) is 0.876. The number of hydrogen-bond donors (Lipinski definition) is 2. The Balaban J connectivity index is 1.70. The van der Waals surface area contributed by atoms with Gasteiger partial charge in [-0.3, -0.25) is 4.79 Å². The highest BCUT2D eigenvalue weighted by Gasteiger charge is 2.23. The smallest absolute Gasteiger partial charge is 0.241 e. The minimum absolute atomic E-state index is 0.0141. The van der Waals surface area contributed by atoms with Gasteiger partial charge in [0.2, 0.25) is 5.91 Å². The molecular weight excluding hydrogens is 328 g/mol. The van der Waals surface area contributed by atoms with E-state index in [2.05, 4.69) is 38.7 Å². The van der Waals surface area contributed by atoms with E-state index in [9.17, 15) is 4.79 Å². The van der Waals surface area contributed by atoms with Crippen molar-refractivity contribution >= 4 is 27.5 Å². The Hall–Kier alpha value is -1.65. The molecule has 0 unspecified atom stereocenters. The summed E-state index contributed by atoms with van der Waals surface area (Å²) in [6, 6.07) is 13.9. The van der Waals surface area contributed by atoms with E-state index >= 15 is 0 Å². The van der Waals surface area contributed by atoms with Crippen molar-refractivity contribution in [1.29, 1.82) is 0 Å². The number of fused-ring (bicyclic) bond motifs is 1. The summed E-state index contributed by atoms with van der Waals surface area (Å²) in [6.07, 6.45) is 0.731. The zero-order valence-corrected chi connectivity index (χ0v) is 13.4. The maximum atomic E-state index is 12.4. The largest absolute Gasteiger partial charge is 0.325 e. The summed E-state index contributed by atoms with van der Waals surface area (Å²) in [5, 5.41) is 6.28. The van der Waals surface area contributed by atoms with Crippen LogP contribution in [0.25, 0.3) is 0 Å². The molecule has 0 radical (unpaired) electrons. The molecule has 3 rings (SSSR count). The SMILES string of the molecule is Cc1ccc(NC(=O)[C@@H]2Cc3ccccc3CN2)cc1Br. The van der Waals surface area contributed by atoms with Crippen LogP contribution in [0.15, 0.2) is 46.9 Å². The molecule has 1 atom stereocenters. The lowest BCUT2D eigenvalue weighted by Crippen LogP contribution is -2.44. The molecule has 0 saturated heterocycles. The number of aryl methyl sites for hydroxylation is 1. The van der Waals surface area contributed by atoms with Crippen LogP contribution in [0.2, 0.25) is 0 Å². The highest BCUT2D eigenvalue weighted by molar-refractivity contribution is 9.10. The third kappa shape index (κ3) is 3.17. The summed E-state index contributed by atoms with van der Waals surface area (Å²) < 4.78 is 1.00. The predicted octanol–water partition coefficient (Wildman–Crippen LogP) is 3.41. The standard InChI is InChI=1S/C17H17BrN2O/c1-11-6-7-14(9-15(11)18)20-17(21)16-8-12-4-2-3-5-13(12)10-19-16/h2-7,9,16,19H,8,10H2,1H3,(H,20,21)/t16-/m0/s1. The van der Waals surface area contributed by atoms with Gasteiger partial charge in [-0.15, -0.1) is 0 Å². The Morgan fingerprint density at radius 2 is 2.00 bits per heavy atom. The number of carbonyl (C=O) groups is 1. The summed E-state index contributed by atoms with van der Waals surface area (Å²) in [5.41, 5.74) is 4.50. The van der Waals surface area contributed by atoms with E-state index in [0.29, 0.717) is 0 Å². The van der Waals surface area contributed by atoms with Crippen molar-refractivity contribution in [2.24, 2.45) is 0 Å². The van der Waals surface area contributed by atoms with Crippen molar-refractivity contribution in [3.63, 3.8) is 0 Å². The molecule has 0 aliphatic carbocycles. The predicted molar refractivity (Wildman–Crippen MR) is 88.3 cm³/mol. The second-order valence-corrected chi connectivity index (χ2v) is 6.21. The summed E-state index contributed by atoms with van der Waals surface area (Å²) in [7, 11) is 0. The Bertz CT molecular complexity index is 684. The molecule has 1 aliphatic heterocycles. The molecule has 2 aromatic carbocycles. The minimum Gasteiger partial charge on any atom is -0.325 e. The van der Waals surface area contributed by atoms with E-state index in [1.807, 2.05) is 37.3 Å². The summed E-state index contributed by atoms with van der Waals surface area (Å²) in [6.45, 7) is 2.77. The van der Waals surface area contributed by atoms with Gasteiger partial charge in [0.05, 0.1) is 6.04 Å². The fourth-order valence-corrected chi connectivity index (χ4v) is 2.92. The van der Waals surface area contributed by atoms with Crippen molar-refractivity contribution in [3.8, 4) is 0 Å². The first-order valence-electron chi connectivity index (χ1n) is 7.00. The maximum absolute atomic E-state index is 12.4. The fraction of sp³-hybridized carbons (Fsp3) is 0.235. The van der Waals surface area contributed by atoms with Gasteiger partial charge < -0.3 is 10.6 Å². The van der Waals surface area contributed by atoms with Crippen LogP contribution in [0.5, 0.6) is 0 Å². The summed E-state index contributed by atoms with van der Waals surface area (Å²) in [4.78, 5) is 12.4. The van der Waals surface area contributed by atoms with E-state index in [-0.39, 0.29) is 11.9 Å². The summed E-state index contributed by atoms with van der Waals surface area (Å²) in [5.74, 6) is 0.0141. The van der Waals surface area contributed by atoms with Crippen LogP contribution in [0.1, 0.15) is 16.7 Å². The van der Waals surface area contributed by atoms with Gasteiger partial charge in [0.1, 0.15) is 0 Å². The summed E-state index contributed by atoms with van der Waals surface area (Å²) >= 11 is 3.49. The molecule has 1 heterocycles. The monoisotopic (exact) mass is 344 g/mol. The zero-order chi connectivity index (χ0) is 14.8. The van der Waals surface area contributed by atoms with Crippen LogP contribution in [-0.2, 0) is 17.8 Å². The average molecular weight is 345 g/mol. The van der Waals surface area contributed by atoms with Gasteiger partial charge in [-0.25, -0.2) is 0 Å². The van der Waals surface area contributed by atoms with E-state index in [1.165, 1.54) is 11.1 Å². The van der Waals surface area contributed by atoms with Gasteiger partial charge in [-0.1, -0.05) is 46.3 Å². The van der Waals surface area contributed by atoms with Crippen molar-refractivity contribution in [3.05, 3.63) is 63.6 Å². The van der Waals surface area contributed by atoms with E-state index in [0.717, 1.165) is 28.7 Å². The highest BCUT2D eigenvalue weighted by Crippen LogP contribution is 2.22. The van der Waals surface area contributed by atoms with E-state index in [1.54, 1.807) is 0 Å². The van der Waals surface area contributed by atoms with E-state index < -0.39 is 0 Å². The van der Waals surface area contributed by atoms with Crippen LogP contribution >= 0.6 is 15.9 Å². The van der Waals surface area contributed by atoms with Crippen molar-refractivity contribution in [2.45, 2.75) is 25.9 Å². The van der Waals surface area contributed by atoms with E-state index in [4.69, 9.17) is 0 Å². The van der Waals surface area contributed by atoms with Crippen LogP contribution in [0, 0.1) is 6.92 Å². The van der Waals surface area contributed by atoms with Gasteiger partial charge in [0, 0.05) is 16.7 Å². The number of hydrogen-bond acceptors (Lipinski definition) is 2. The number of halogens is 1. The Labute approximate surface area is 132 Å². The molecule has 108 valence electrons. The number of benzene rings is 2. The molecule has 0 fully saturated rings. The average Bonchev–Trinajstić information content (AvgIpc) is 2.50. The number of nitrogens with one attached hydrogen (secondary N) is 2. The maximum Gasteiger partial charge on any atom is 0.241 e.